The van der Waals surface area contributed by atoms with Gasteiger partial charge in [0.2, 0.25) is 5.91 Å². The summed E-state index contributed by atoms with van der Waals surface area (Å²) in [6, 6.07) is 6.86. The van der Waals surface area contributed by atoms with E-state index < -0.39 is 40.9 Å². The van der Waals surface area contributed by atoms with Gasteiger partial charge in [-0.25, -0.2) is 13.2 Å². The van der Waals surface area contributed by atoms with Gasteiger partial charge in [0, 0.05) is 35.7 Å². The van der Waals surface area contributed by atoms with Crippen LogP contribution in [-0.2, 0) is 11.2 Å². The molecule has 2 amide bonds. The molecule has 0 fully saturated rings. The molecule has 0 aliphatic heterocycles. The molecule has 1 heterocycles. The van der Waals surface area contributed by atoms with E-state index in [0.29, 0.717) is 17.7 Å². The van der Waals surface area contributed by atoms with Gasteiger partial charge in [-0.3, -0.25) is 9.59 Å². The van der Waals surface area contributed by atoms with Crippen LogP contribution in [0.1, 0.15) is 15.9 Å². The lowest BCUT2D eigenvalue weighted by molar-refractivity contribution is -0.119. The number of hydrogen-bond donors (Lipinski definition) is 3. The SMILES string of the molecule is NC(=O)[C@@H](Cc1c[nH]c2ccccc12)NC(=O)c1c(F)cc(F)cc1F. The average molecular weight is 361 g/mol. The van der Waals surface area contributed by atoms with E-state index in [2.05, 4.69) is 10.3 Å². The van der Waals surface area contributed by atoms with Crippen LogP contribution in [0.3, 0.4) is 0 Å². The standard InChI is InChI=1S/C18H14F3N3O2/c19-10-6-12(20)16(13(21)7-10)18(26)24-15(17(22)25)5-9-8-23-14-4-2-1-3-11(9)14/h1-4,6-8,15,23H,5H2,(H2,22,25)(H,24,26)/t15-/m1/s1. The van der Waals surface area contributed by atoms with Crippen molar-refractivity contribution in [1.82, 2.24) is 10.3 Å². The zero-order valence-corrected chi connectivity index (χ0v) is 13.4. The van der Waals surface area contributed by atoms with E-state index in [0.717, 1.165) is 10.9 Å². The zero-order chi connectivity index (χ0) is 18.8. The summed E-state index contributed by atoms with van der Waals surface area (Å²) in [6.07, 6.45) is 1.68. The maximum atomic E-state index is 13.7. The number of carbonyl (C=O) groups is 2. The number of nitrogens with one attached hydrogen (secondary N) is 2. The minimum atomic E-state index is -1.37. The third kappa shape index (κ3) is 3.39. The lowest BCUT2D eigenvalue weighted by Crippen LogP contribution is -2.46. The number of para-hydroxylation sites is 1. The number of carbonyl (C=O) groups excluding carboxylic acids is 2. The lowest BCUT2D eigenvalue weighted by Gasteiger charge is -2.16. The van der Waals surface area contributed by atoms with E-state index >= 15 is 0 Å². The maximum absolute atomic E-state index is 13.7. The highest BCUT2D eigenvalue weighted by molar-refractivity contribution is 5.98. The van der Waals surface area contributed by atoms with Crippen molar-refractivity contribution < 1.29 is 22.8 Å². The van der Waals surface area contributed by atoms with Gasteiger partial charge in [0.25, 0.3) is 5.91 Å². The number of hydrogen-bond acceptors (Lipinski definition) is 2. The number of fused-ring (bicyclic) bond motifs is 1. The fourth-order valence-corrected chi connectivity index (χ4v) is 2.73. The van der Waals surface area contributed by atoms with Gasteiger partial charge in [0.15, 0.2) is 0 Å². The first-order valence-corrected chi connectivity index (χ1v) is 7.66. The molecule has 0 unspecified atom stereocenters. The van der Waals surface area contributed by atoms with Crippen LogP contribution in [0.2, 0.25) is 0 Å². The van der Waals surface area contributed by atoms with Crippen LogP contribution in [0.15, 0.2) is 42.6 Å². The fraction of sp³-hybridized carbons (Fsp3) is 0.111. The van der Waals surface area contributed by atoms with E-state index in [9.17, 15) is 22.8 Å². The summed E-state index contributed by atoms with van der Waals surface area (Å²) < 4.78 is 40.4. The van der Waals surface area contributed by atoms with Crippen LogP contribution in [0.25, 0.3) is 10.9 Å². The summed E-state index contributed by atoms with van der Waals surface area (Å²) in [7, 11) is 0. The maximum Gasteiger partial charge on any atom is 0.257 e. The summed E-state index contributed by atoms with van der Waals surface area (Å²) >= 11 is 0. The van der Waals surface area contributed by atoms with Crippen molar-refractivity contribution in [2.24, 2.45) is 5.73 Å². The number of H-pyrrole nitrogens is 1. The van der Waals surface area contributed by atoms with Crippen LogP contribution in [-0.4, -0.2) is 22.8 Å². The molecule has 0 aliphatic rings. The normalized spacial score (nSPS) is 12.1. The lowest BCUT2D eigenvalue weighted by atomic mass is 10.0. The molecule has 1 aromatic heterocycles. The zero-order valence-electron chi connectivity index (χ0n) is 13.4. The Kier molecular flexibility index (Phi) is 4.66. The molecule has 8 heteroatoms. The van der Waals surface area contributed by atoms with Crippen molar-refractivity contribution in [2.75, 3.05) is 0 Å². The highest BCUT2D eigenvalue weighted by atomic mass is 19.1. The van der Waals surface area contributed by atoms with Gasteiger partial charge < -0.3 is 16.0 Å². The number of aromatic nitrogens is 1. The number of amides is 2. The molecule has 26 heavy (non-hydrogen) atoms. The third-order valence-corrected chi connectivity index (χ3v) is 3.98. The number of aromatic amines is 1. The van der Waals surface area contributed by atoms with Crippen molar-refractivity contribution >= 4 is 22.7 Å². The molecule has 0 radical (unpaired) electrons. The molecule has 134 valence electrons. The fourth-order valence-electron chi connectivity index (χ4n) is 2.73. The van der Waals surface area contributed by atoms with E-state index in [1.165, 1.54) is 0 Å². The Morgan fingerprint density at radius 2 is 1.77 bits per heavy atom. The van der Waals surface area contributed by atoms with Crippen LogP contribution in [0.5, 0.6) is 0 Å². The van der Waals surface area contributed by atoms with Crippen LogP contribution >= 0.6 is 0 Å². The first-order chi connectivity index (χ1) is 12.4. The molecule has 3 aromatic rings. The minimum absolute atomic E-state index is 0.0233. The molecule has 0 spiro atoms. The van der Waals surface area contributed by atoms with Crippen molar-refractivity contribution in [1.29, 1.82) is 0 Å². The third-order valence-electron chi connectivity index (χ3n) is 3.98. The van der Waals surface area contributed by atoms with Gasteiger partial charge in [-0.1, -0.05) is 18.2 Å². The topological polar surface area (TPSA) is 88.0 Å². The highest BCUT2D eigenvalue weighted by Crippen LogP contribution is 2.20. The molecule has 0 bridgehead atoms. The quantitative estimate of drug-likeness (QED) is 0.652. The summed E-state index contributed by atoms with van der Waals surface area (Å²) in [4.78, 5) is 26.9. The molecular formula is C18H14F3N3O2. The number of primary amides is 1. The average Bonchev–Trinajstić information content (AvgIpc) is 2.96. The minimum Gasteiger partial charge on any atom is -0.368 e. The molecular weight excluding hydrogens is 347 g/mol. The second kappa shape index (κ2) is 6.91. The van der Waals surface area contributed by atoms with Gasteiger partial charge in [0.1, 0.15) is 29.1 Å². The van der Waals surface area contributed by atoms with Crippen LogP contribution in [0, 0.1) is 17.5 Å². The Bertz CT molecular complexity index is 977. The largest absolute Gasteiger partial charge is 0.368 e. The van der Waals surface area contributed by atoms with E-state index in [-0.39, 0.29) is 6.42 Å². The highest BCUT2D eigenvalue weighted by Gasteiger charge is 2.25. The van der Waals surface area contributed by atoms with Crippen LogP contribution in [0.4, 0.5) is 13.2 Å². The van der Waals surface area contributed by atoms with E-state index in [4.69, 9.17) is 5.73 Å². The monoisotopic (exact) mass is 361 g/mol. The molecule has 0 saturated heterocycles. The Hall–Kier alpha value is -3.29. The Labute approximate surface area is 146 Å². The number of nitrogens with two attached hydrogens (primary N) is 1. The first kappa shape index (κ1) is 17.5. The van der Waals surface area contributed by atoms with Gasteiger partial charge in [-0.05, 0) is 11.6 Å². The summed E-state index contributed by atoms with van der Waals surface area (Å²) in [5, 5.41) is 3.03. The van der Waals surface area contributed by atoms with E-state index in [1.54, 1.807) is 12.3 Å². The van der Waals surface area contributed by atoms with Gasteiger partial charge in [0.05, 0.1) is 0 Å². The molecule has 4 N–H and O–H groups in total. The first-order valence-electron chi connectivity index (χ1n) is 7.66. The molecule has 1 atom stereocenters. The van der Waals surface area contributed by atoms with Crippen molar-refractivity contribution in [3.63, 3.8) is 0 Å². The smallest absolute Gasteiger partial charge is 0.257 e. The summed E-state index contributed by atoms with van der Waals surface area (Å²) in [6.45, 7) is 0. The van der Waals surface area contributed by atoms with Gasteiger partial charge in [-0.2, -0.15) is 0 Å². The number of halogens is 3. The second-order valence-electron chi connectivity index (χ2n) is 5.74. The molecule has 0 aliphatic carbocycles. The number of rotatable bonds is 5. The Morgan fingerprint density at radius 3 is 2.42 bits per heavy atom. The van der Waals surface area contributed by atoms with E-state index in [1.807, 2.05) is 18.2 Å². The summed E-state index contributed by atoms with van der Waals surface area (Å²) in [5.41, 5.74) is 5.86. The van der Waals surface area contributed by atoms with Gasteiger partial charge >= 0.3 is 0 Å². The van der Waals surface area contributed by atoms with Crippen molar-refractivity contribution in [3.05, 3.63) is 71.2 Å². The van der Waals surface area contributed by atoms with Gasteiger partial charge in [-0.15, -0.1) is 0 Å². The second-order valence-corrected chi connectivity index (χ2v) is 5.74. The van der Waals surface area contributed by atoms with Crippen molar-refractivity contribution in [2.45, 2.75) is 12.5 Å². The molecule has 2 aromatic carbocycles. The number of benzene rings is 2. The predicted octanol–water partition coefficient (Wildman–Crippen LogP) is 2.41. The molecule has 5 nitrogen and oxygen atoms in total. The van der Waals surface area contributed by atoms with Crippen LogP contribution < -0.4 is 11.1 Å². The molecule has 0 saturated carbocycles. The Morgan fingerprint density at radius 1 is 1.12 bits per heavy atom. The summed E-state index contributed by atoms with van der Waals surface area (Å²) in [5.74, 6) is -5.94. The Balaban J connectivity index is 1.85. The van der Waals surface area contributed by atoms with Crippen molar-refractivity contribution in [3.8, 4) is 0 Å². The molecule has 3 rings (SSSR count). The predicted molar refractivity (Wildman–Crippen MR) is 88.8 cm³/mol.